The number of pyridine rings is 1. The fourth-order valence-electron chi connectivity index (χ4n) is 1.60. The zero-order valence-electron chi connectivity index (χ0n) is 9.61. The zero-order chi connectivity index (χ0) is 15.4. The summed E-state index contributed by atoms with van der Waals surface area (Å²) in [6, 6.07) is 2.97. The Morgan fingerprint density at radius 2 is 1.43 bits per heavy atom. The van der Waals surface area contributed by atoms with E-state index < -0.39 is 35.0 Å². The number of alkyl halides is 8. The molecular formula is C11H4F8IrN-. The van der Waals surface area contributed by atoms with Crippen molar-refractivity contribution in [2.75, 3.05) is 0 Å². The molecule has 0 N–H and O–H groups in total. The number of aromatic nitrogens is 1. The van der Waals surface area contributed by atoms with Crippen LogP contribution in [0.1, 0.15) is 5.69 Å². The van der Waals surface area contributed by atoms with Crippen molar-refractivity contribution in [1.82, 2.24) is 4.98 Å². The molecule has 119 valence electrons. The number of allylic oxidation sites excluding steroid dienone is 2. The van der Waals surface area contributed by atoms with Gasteiger partial charge in [-0.05, 0) is 6.07 Å². The summed E-state index contributed by atoms with van der Waals surface area (Å²) in [5.41, 5.74) is -3.04. The number of hydrogen-bond donors (Lipinski definition) is 0. The Labute approximate surface area is 126 Å². The molecule has 1 aromatic heterocycles. The summed E-state index contributed by atoms with van der Waals surface area (Å²) in [6.07, 6.45) is 1.35. The summed E-state index contributed by atoms with van der Waals surface area (Å²) in [5, 5.41) is 0. The van der Waals surface area contributed by atoms with E-state index in [1.165, 1.54) is 6.07 Å². The molecule has 0 aliphatic heterocycles. The maximum atomic E-state index is 13.5. The molecule has 0 bridgehead atoms. The van der Waals surface area contributed by atoms with E-state index in [-0.39, 0.29) is 20.1 Å². The van der Waals surface area contributed by atoms with Crippen molar-refractivity contribution < 1.29 is 55.2 Å². The van der Waals surface area contributed by atoms with Crippen LogP contribution < -0.4 is 0 Å². The van der Waals surface area contributed by atoms with Gasteiger partial charge in [0.15, 0.2) is 0 Å². The van der Waals surface area contributed by atoms with Crippen LogP contribution in [0.15, 0.2) is 24.4 Å². The second-order valence-electron chi connectivity index (χ2n) is 4.01. The van der Waals surface area contributed by atoms with Gasteiger partial charge in [0.05, 0.1) is 0 Å². The van der Waals surface area contributed by atoms with Crippen molar-refractivity contribution in [2.45, 2.75) is 23.7 Å². The van der Waals surface area contributed by atoms with E-state index >= 15 is 0 Å². The average molecular weight is 494 g/mol. The van der Waals surface area contributed by atoms with E-state index in [1.54, 1.807) is 0 Å². The number of hydrogen-bond acceptors (Lipinski definition) is 1. The van der Waals surface area contributed by atoms with Crippen LogP contribution in [0.5, 0.6) is 0 Å². The largest absolute Gasteiger partial charge is 0.378 e. The number of rotatable bonds is 1. The second-order valence-corrected chi connectivity index (χ2v) is 4.01. The normalized spacial score (nSPS) is 24.7. The van der Waals surface area contributed by atoms with Crippen molar-refractivity contribution in [3.63, 3.8) is 0 Å². The summed E-state index contributed by atoms with van der Waals surface area (Å²) in [6.45, 7) is 0. The molecule has 21 heavy (non-hydrogen) atoms. The van der Waals surface area contributed by atoms with Crippen LogP contribution in [-0.2, 0) is 20.1 Å². The Bertz CT molecular complexity index is 555. The van der Waals surface area contributed by atoms with E-state index in [1.807, 2.05) is 0 Å². The van der Waals surface area contributed by atoms with Crippen LogP contribution in [0.2, 0.25) is 0 Å². The molecule has 0 spiro atoms. The molecule has 0 saturated heterocycles. The van der Waals surface area contributed by atoms with Crippen molar-refractivity contribution in [3.8, 4) is 0 Å². The quantitative estimate of drug-likeness (QED) is 0.428. The third kappa shape index (κ3) is 2.28. The summed E-state index contributed by atoms with van der Waals surface area (Å²) in [4.78, 5) is 3.19. The molecule has 1 aromatic rings. The fourth-order valence-corrected chi connectivity index (χ4v) is 1.60. The first-order valence-electron chi connectivity index (χ1n) is 5.03. The van der Waals surface area contributed by atoms with Crippen LogP contribution in [0.4, 0.5) is 35.1 Å². The molecule has 1 aliphatic rings. The van der Waals surface area contributed by atoms with Gasteiger partial charge in [-0.2, -0.15) is 32.4 Å². The SMILES string of the molecule is FC1(F)[C-]=C(c2ccccn2)C(F)(F)C(F)(F)C1(F)F.[Ir]. The molecule has 0 unspecified atom stereocenters. The van der Waals surface area contributed by atoms with Crippen molar-refractivity contribution in [2.24, 2.45) is 0 Å². The molecule has 1 nitrogen and oxygen atoms in total. The van der Waals surface area contributed by atoms with Gasteiger partial charge < -0.3 is 4.98 Å². The van der Waals surface area contributed by atoms with E-state index in [0.717, 1.165) is 12.3 Å². The Morgan fingerprint density at radius 3 is 1.90 bits per heavy atom. The predicted molar refractivity (Wildman–Crippen MR) is 50.7 cm³/mol. The van der Waals surface area contributed by atoms with Crippen molar-refractivity contribution >= 4 is 5.57 Å². The number of nitrogens with zero attached hydrogens (tertiary/aromatic N) is 1. The van der Waals surface area contributed by atoms with Crippen molar-refractivity contribution in [3.05, 3.63) is 36.2 Å². The van der Waals surface area contributed by atoms with Gasteiger partial charge in [0.2, 0.25) is 0 Å². The molecular weight excluding hydrogens is 490 g/mol. The minimum atomic E-state index is -6.28. The van der Waals surface area contributed by atoms with Gasteiger partial charge in [0, 0.05) is 26.3 Å². The summed E-state index contributed by atoms with van der Waals surface area (Å²) < 4.78 is 105. The molecule has 0 atom stereocenters. The minimum Gasteiger partial charge on any atom is -0.351 e. The Morgan fingerprint density at radius 1 is 0.857 bits per heavy atom. The first-order valence-corrected chi connectivity index (χ1v) is 5.03. The smallest absolute Gasteiger partial charge is 0.351 e. The zero-order valence-corrected chi connectivity index (χ0v) is 12.0. The van der Waals surface area contributed by atoms with Gasteiger partial charge in [-0.15, -0.1) is 11.6 Å². The second kappa shape index (κ2) is 5.01. The van der Waals surface area contributed by atoms with Gasteiger partial charge in [-0.25, -0.2) is 8.78 Å². The third-order valence-corrected chi connectivity index (χ3v) is 2.70. The molecule has 1 aliphatic carbocycles. The Kier molecular flexibility index (Phi) is 4.30. The van der Waals surface area contributed by atoms with Gasteiger partial charge in [-0.1, -0.05) is 11.8 Å². The third-order valence-electron chi connectivity index (χ3n) is 2.70. The predicted octanol–water partition coefficient (Wildman–Crippen LogP) is 3.82. The van der Waals surface area contributed by atoms with E-state index in [4.69, 9.17) is 0 Å². The van der Waals surface area contributed by atoms with E-state index in [9.17, 15) is 35.1 Å². The Balaban J connectivity index is 0.00000220. The van der Waals surface area contributed by atoms with Crippen LogP contribution in [0.3, 0.4) is 0 Å². The maximum absolute atomic E-state index is 13.5. The molecule has 0 fully saturated rings. The van der Waals surface area contributed by atoms with Gasteiger partial charge in [0.1, 0.15) is 0 Å². The maximum Gasteiger partial charge on any atom is 0.378 e. The minimum absolute atomic E-state index is 0. The van der Waals surface area contributed by atoms with Gasteiger partial charge >= 0.3 is 17.8 Å². The monoisotopic (exact) mass is 495 g/mol. The topological polar surface area (TPSA) is 12.9 Å². The molecule has 0 amide bonds. The van der Waals surface area contributed by atoms with Gasteiger partial charge in [-0.3, -0.25) is 0 Å². The first kappa shape index (κ1) is 18.0. The number of halogens is 8. The molecule has 0 aromatic carbocycles. The first-order chi connectivity index (χ1) is 8.95. The van der Waals surface area contributed by atoms with E-state index in [0.29, 0.717) is 12.1 Å². The molecule has 1 radical (unpaired) electrons. The van der Waals surface area contributed by atoms with Crippen LogP contribution >= 0.6 is 0 Å². The molecule has 2 rings (SSSR count). The summed E-state index contributed by atoms with van der Waals surface area (Å²) in [5.74, 6) is -23.6. The van der Waals surface area contributed by atoms with Crippen molar-refractivity contribution in [1.29, 1.82) is 0 Å². The summed E-state index contributed by atoms with van der Waals surface area (Å²) >= 11 is 0. The van der Waals surface area contributed by atoms with E-state index in [2.05, 4.69) is 4.98 Å². The molecule has 1 heterocycles. The average Bonchev–Trinajstić information content (AvgIpc) is 2.35. The summed E-state index contributed by atoms with van der Waals surface area (Å²) in [7, 11) is 0. The molecule has 0 saturated carbocycles. The Hall–Kier alpha value is -1.02. The fraction of sp³-hybridized carbons (Fsp3) is 0.364. The van der Waals surface area contributed by atoms with Crippen LogP contribution in [0, 0.1) is 6.08 Å². The molecule has 10 heteroatoms. The standard InChI is InChI=1S/C11H4F8N.Ir/c12-8(13)5-6(7-3-1-2-4-20-7)9(14,15)11(18,19)10(8,16)17;/h1-4H;/q-1;. The van der Waals surface area contributed by atoms with Crippen LogP contribution in [0.25, 0.3) is 5.57 Å². The van der Waals surface area contributed by atoms with Crippen LogP contribution in [-0.4, -0.2) is 28.7 Å². The van der Waals surface area contributed by atoms with Gasteiger partial charge in [0.25, 0.3) is 5.92 Å².